The van der Waals surface area contributed by atoms with Gasteiger partial charge in [0.05, 0.1) is 0 Å². The number of nitrogens with two attached hydrogens (primary N) is 1. The third-order valence-electron chi connectivity index (χ3n) is 2.05. The van der Waals surface area contributed by atoms with E-state index in [1.165, 1.54) is 6.07 Å². The molecule has 0 unspecified atom stereocenters. The first-order valence-electron chi connectivity index (χ1n) is 4.46. The molecule has 0 aliphatic rings. The van der Waals surface area contributed by atoms with Gasteiger partial charge in [0, 0.05) is 6.04 Å². The van der Waals surface area contributed by atoms with E-state index in [1.807, 2.05) is 0 Å². The van der Waals surface area contributed by atoms with Gasteiger partial charge in [-0.15, -0.1) is 19.0 Å². The second-order valence-electron chi connectivity index (χ2n) is 3.15. The number of hydrogen-bond acceptors (Lipinski definition) is 1. The number of hydrogen-bond donors (Lipinski definition) is 1. The van der Waals surface area contributed by atoms with Gasteiger partial charge in [-0.25, -0.2) is 8.78 Å². The lowest BCUT2D eigenvalue weighted by Crippen LogP contribution is -2.10. The van der Waals surface area contributed by atoms with Gasteiger partial charge in [-0.05, 0) is 30.5 Å². The van der Waals surface area contributed by atoms with E-state index in [0.29, 0.717) is 12.0 Å². The van der Waals surface area contributed by atoms with Crippen LogP contribution in [0.4, 0.5) is 8.78 Å². The summed E-state index contributed by atoms with van der Waals surface area (Å²) >= 11 is 0. The van der Waals surface area contributed by atoms with Crippen LogP contribution in [0.5, 0.6) is 0 Å². The fraction of sp³-hybridized carbons (Fsp3) is 0.273. The fourth-order valence-corrected chi connectivity index (χ4v) is 1.21. The van der Waals surface area contributed by atoms with Gasteiger partial charge < -0.3 is 5.73 Å². The van der Waals surface area contributed by atoms with Crippen LogP contribution in [0.25, 0.3) is 0 Å². The Bertz CT molecular complexity index is 328. The fourth-order valence-electron chi connectivity index (χ4n) is 1.21. The van der Waals surface area contributed by atoms with Gasteiger partial charge in [0.25, 0.3) is 0 Å². The Morgan fingerprint density at radius 2 is 2.00 bits per heavy atom. The van der Waals surface area contributed by atoms with Crippen molar-refractivity contribution in [1.82, 2.24) is 0 Å². The van der Waals surface area contributed by atoms with E-state index in [4.69, 9.17) is 5.73 Å². The molecule has 0 aromatic heterocycles. The number of halogens is 3. The highest BCUT2D eigenvalue weighted by Gasteiger charge is 2.08. The molecule has 1 atom stereocenters. The summed E-state index contributed by atoms with van der Waals surface area (Å²) in [4.78, 5) is 0. The first-order valence-corrected chi connectivity index (χ1v) is 4.46. The van der Waals surface area contributed by atoms with Crippen LogP contribution in [-0.2, 0) is 0 Å². The van der Waals surface area contributed by atoms with Crippen LogP contribution in [0.1, 0.15) is 24.4 Å². The van der Waals surface area contributed by atoms with Crippen LogP contribution >= 0.6 is 12.4 Å². The standard InChI is InChI=1S/C11H13F2N.ClH/c1-2-3-4-11(14)8-5-6-9(12)10(13)7-8;/h2,5-7,11H,1,3-4,14H2;1H/t11-;/m0./s1. The van der Waals surface area contributed by atoms with Crippen molar-refractivity contribution in [2.75, 3.05) is 0 Å². The van der Waals surface area contributed by atoms with E-state index >= 15 is 0 Å². The molecule has 84 valence electrons. The molecule has 0 radical (unpaired) electrons. The van der Waals surface area contributed by atoms with Crippen LogP contribution < -0.4 is 5.73 Å². The zero-order chi connectivity index (χ0) is 10.6. The van der Waals surface area contributed by atoms with E-state index in [9.17, 15) is 8.78 Å². The Hall–Kier alpha value is -0.930. The number of benzene rings is 1. The molecule has 1 rings (SSSR count). The molecule has 0 aliphatic carbocycles. The van der Waals surface area contributed by atoms with Crippen molar-refractivity contribution in [3.63, 3.8) is 0 Å². The van der Waals surface area contributed by atoms with Crippen LogP contribution in [0.2, 0.25) is 0 Å². The summed E-state index contributed by atoms with van der Waals surface area (Å²) < 4.78 is 25.4. The molecule has 0 fully saturated rings. The molecule has 0 saturated carbocycles. The Morgan fingerprint density at radius 1 is 1.33 bits per heavy atom. The van der Waals surface area contributed by atoms with Gasteiger partial charge in [0.2, 0.25) is 0 Å². The lowest BCUT2D eigenvalue weighted by molar-refractivity contribution is 0.504. The van der Waals surface area contributed by atoms with Gasteiger partial charge in [-0.3, -0.25) is 0 Å². The molecule has 0 aliphatic heterocycles. The van der Waals surface area contributed by atoms with E-state index in [0.717, 1.165) is 18.6 Å². The molecular weight excluding hydrogens is 220 g/mol. The van der Waals surface area contributed by atoms with Crippen LogP contribution in [0.3, 0.4) is 0 Å². The summed E-state index contributed by atoms with van der Waals surface area (Å²) in [5.74, 6) is -1.69. The molecule has 1 aromatic carbocycles. The topological polar surface area (TPSA) is 26.0 Å². The third kappa shape index (κ3) is 3.98. The minimum atomic E-state index is -0.850. The van der Waals surface area contributed by atoms with Crippen LogP contribution in [0.15, 0.2) is 30.9 Å². The highest BCUT2D eigenvalue weighted by molar-refractivity contribution is 5.85. The molecule has 1 aromatic rings. The lowest BCUT2D eigenvalue weighted by Gasteiger charge is -2.10. The largest absolute Gasteiger partial charge is 0.324 e. The molecule has 0 bridgehead atoms. The Labute approximate surface area is 94.4 Å². The van der Waals surface area contributed by atoms with Crippen molar-refractivity contribution in [2.45, 2.75) is 18.9 Å². The second kappa shape index (κ2) is 6.53. The van der Waals surface area contributed by atoms with Crippen LogP contribution in [-0.4, -0.2) is 0 Å². The summed E-state index contributed by atoms with van der Waals surface area (Å²) in [6, 6.07) is 3.48. The third-order valence-corrected chi connectivity index (χ3v) is 2.05. The monoisotopic (exact) mass is 233 g/mol. The van der Waals surface area contributed by atoms with Gasteiger partial charge in [0.1, 0.15) is 0 Å². The molecule has 0 heterocycles. The van der Waals surface area contributed by atoms with Gasteiger partial charge in [-0.1, -0.05) is 12.1 Å². The molecule has 4 heteroatoms. The summed E-state index contributed by atoms with van der Waals surface area (Å²) in [5, 5.41) is 0. The molecule has 0 saturated heterocycles. The minimum Gasteiger partial charge on any atom is -0.324 e. The van der Waals surface area contributed by atoms with Crippen molar-refractivity contribution in [2.24, 2.45) is 5.73 Å². The van der Waals surface area contributed by atoms with Crippen molar-refractivity contribution in [3.8, 4) is 0 Å². The molecule has 1 nitrogen and oxygen atoms in total. The van der Waals surface area contributed by atoms with E-state index in [1.54, 1.807) is 6.08 Å². The van der Waals surface area contributed by atoms with Crippen molar-refractivity contribution in [3.05, 3.63) is 48.1 Å². The maximum absolute atomic E-state index is 12.8. The normalized spacial score (nSPS) is 11.7. The zero-order valence-corrected chi connectivity index (χ0v) is 9.07. The summed E-state index contributed by atoms with van der Waals surface area (Å²) in [6.07, 6.45) is 3.20. The SMILES string of the molecule is C=CCC[C@H](N)c1ccc(F)c(F)c1.Cl. The molecule has 15 heavy (non-hydrogen) atoms. The molecule has 2 N–H and O–H groups in total. The van der Waals surface area contributed by atoms with Gasteiger partial charge in [-0.2, -0.15) is 0 Å². The average molecular weight is 234 g/mol. The smallest absolute Gasteiger partial charge is 0.159 e. The van der Waals surface area contributed by atoms with Crippen molar-refractivity contribution >= 4 is 12.4 Å². The van der Waals surface area contributed by atoms with Crippen molar-refractivity contribution in [1.29, 1.82) is 0 Å². The first kappa shape index (κ1) is 14.1. The van der Waals surface area contributed by atoms with Crippen LogP contribution in [0, 0.1) is 11.6 Å². The highest BCUT2D eigenvalue weighted by atomic mass is 35.5. The molecule has 0 spiro atoms. The Kier molecular flexibility index (Phi) is 6.13. The minimum absolute atomic E-state index is 0. The summed E-state index contributed by atoms with van der Waals surface area (Å²) in [5.41, 5.74) is 6.38. The van der Waals surface area contributed by atoms with E-state index in [2.05, 4.69) is 6.58 Å². The lowest BCUT2D eigenvalue weighted by atomic mass is 10.0. The quantitative estimate of drug-likeness (QED) is 0.793. The summed E-state index contributed by atoms with van der Waals surface area (Å²) in [6.45, 7) is 3.57. The number of allylic oxidation sites excluding steroid dienone is 1. The maximum atomic E-state index is 12.8. The predicted molar refractivity (Wildman–Crippen MR) is 60.0 cm³/mol. The summed E-state index contributed by atoms with van der Waals surface area (Å²) in [7, 11) is 0. The second-order valence-corrected chi connectivity index (χ2v) is 3.15. The highest BCUT2D eigenvalue weighted by Crippen LogP contribution is 2.18. The Morgan fingerprint density at radius 3 is 2.53 bits per heavy atom. The molecular formula is C11H14ClF2N. The van der Waals surface area contributed by atoms with E-state index < -0.39 is 11.6 Å². The van der Waals surface area contributed by atoms with E-state index in [-0.39, 0.29) is 18.4 Å². The van der Waals surface area contributed by atoms with Gasteiger partial charge >= 0.3 is 0 Å². The zero-order valence-electron chi connectivity index (χ0n) is 8.25. The predicted octanol–water partition coefficient (Wildman–Crippen LogP) is 3.35. The Balaban J connectivity index is 0.00000196. The number of rotatable bonds is 4. The first-order chi connectivity index (χ1) is 6.65. The average Bonchev–Trinajstić information content (AvgIpc) is 2.18. The van der Waals surface area contributed by atoms with Crippen molar-refractivity contribution < 1.29 is 8.78 Å². The maximum Gasteiger partial charge on any atom is 0.159 e. The van der Waals surface area contributed by atoms with Gasteiger partial charge in [0.15, 0.2) is 11.6 Å². The molecule has 0 amide bonds.